The van der Waals surface area contributed by atoms with Gasteiger partial charge in [-0.05, 0) is 47.2 Å². The average molecular weight is 413 g/mol. The molecule has 0 aliphatic carbocycles. The lowest BCUT2D eigenvalue weighted by Crippen LogP contribution is -3.27. The van der Waals surface area contributed by atoms with Crippen LogP contribution in [0.1, 0.15) is 11.1 Å². The van der Waals surface area contributed by atoms with Crippen molar-refractivity contribution in [3.8, 4) is 17.2 Å². The van der Waals surface area contributed by atoms with E-state index in [-0.39, 0.29) is 5.82 Å². The molecule has 1 saturated heterocycles. The first-order valence-electron chi connectivity index (χ1n) is 10.4. The molecule has 0 aromatic heterocycles. The zero-order valence-electron chi connectivity index (χ0n) is 17.5. The third kappa shape index (κ3) is 4.35. The summed E-state index contributed by atoms with van der Waals surface area (Å²) in [4.78, 5) is 2.86. The number of quaternary nitrogens is 2. The van der Waals surface area contributed by atoms with Gasteiger partial charge < -0.3 is 24.4 Å². The first kappa shape index (κ1) is 20.4. The highest BCUT2D eigenvalue weighted by Crippen LogP contribution is 2.29. The number of phenols is 1. The molecule has 3 N–H and O–H groups in total. The predicted molar refractivity (Wildman–Crippen MR) is 114 cm³/mol. The van der Waals surface area contributed by atoms with E-state index >= 15 is 0 Å². The Kier molecular flexibility index (Phi) is 6.06. The van der Waals surface area contributed by atoms with Gasteiger partial charge in [0.1, 0.15) is 62.3 Å². The second-order valence-corrected chi connectivity index (χ2v) is 7.96. The maximum absolute atomic E-state index is 13.7. The molecule has 1 fully saturated rings. The molecule has 0 saturated carbocycles. The molecular weight excluding hydrogens is 383 g/mol. The van der Waals surface area contributed by atoms with Gasteiger partial charge in [0.05, 0.1) is 25.3 Å². The van der Waals surface area contributed by atoms with E-state index in [0.717, 1.165) is 72.7 Å². The van der Waals surface area contributed by atoms with E-state index in [0.29, 0.717) is 5.75 Å². The van der Waals surface area contributed by atoms with E-state index in [1.807, 2.05) is 24.3 Å². The van der Waals surface area contributed by atoms with Crippen LogP contribution in [0.25, 0.3) is 10.8 Å². The van der Waals surface area contributed by atoms with Gasteiger partial charge in [0, 0.05) is 0 Å². The van der Waals surface area contributed by atoms with Gasteiger partial charge in [0.15, 0.2) is 0 Å². The number of halogens is 1. The third-order valence-electron chi connectivity index (χ3n) is 6.09. The Hall–Kier alpha value is -2.83. The molecule has 0 spiro atoms. The number of benzene rings is 3. The Bertz CT molecular complexity index is 1030. The van der Waals surface area contributed by atoms with Gasteiger partial charge in [-0.1, -0.05) is 12.1 Å². The molecule has 5 nitrogen and oxygen atoms in total. The minimum Gasteiger partial charge on any atom is -0.507 e. The molecule has 1 aliphatic rings. The number of methoxy groups -OCH3 is 2. The molecule has 3 aromatic rings. The summed E-state index contributed by atoms with van der Waals surface area (Å²) in [5, 5.41) is 12.7. The van der Waals surface area contributed by atoms with Gasteiger partial charge >= 0.3 is 0 Å². The number of hydrogen-bond acceptors (Lipinski definition) is 3. The highest BCUT2D eigenvalue weighted by molar-refractivity contribution is 5.88. The number of hydrogen-bond donors (Lipinski definition) is 3. The summed E-state index contributed by atoms with van der Waals surface area (Å²) < 4.78 is 24.4. The molecule has 0 bridgehead atoms. The number of phenolic OH excluding ortho intramolecular Hbond substituents is 1. The fourth-order valence-corrected chi connectivity index (χ4v) is 4.38. The number of fused-ring (bicyclic) bond motifs is 1. The number of aromatic hydroxyl groups is 1. The predicted octanol–water partition coefficient (Wildman–Crippen LogP) is 1.19. The number of ether oxygens (including phenoxy) is 2. The monoisotopic (exact) mass is 412 g/mol. The Morgan fingerprint density at radius 1 is 0.867 bits per heavy atom. The minimum absolute atomic E-state index is 0.226. The zero-order valence-corrected chi connectivity index (χ0v) is 17.5. The summed E-state index contributed by atoms with van der Waals surface area (Å²) in [5.74, 6) is 1.65. The van der Waals surface area contributed by atoms with Crippen molar-refractivity contribution < 1.29 is 28.8 Å². The summed E-state index contributed by atoms with van der Waals surface area (Å²) in [6.45, 7) is 5.49. The van der Waals surface area contributed by atoms with Crippen LogP contribution < -0.4 is 19.3 Å². The summed E-state index contributed by atoms with van der Waals surface area (Å²) >= 11 is 0. The van der Waals surface area contributed by atoms with Gasteiger partial charge in [0.25, 0.3) is 0 Å². The molecule has 0 radical (unpaired) electrons. The van der Waals surface area contributed by atoms with Crippen LogP contribution in [-0.4, -0.2) is 45.5 Å². The van der Waals surface area contributed by atoms with Crippen molar-refractivity contribution in [3.05, 3.63) is 65.5 Å². The lowest BCUT2D eigenvalue weighted by molar-refractivity contribution is -1.02. The van der Waals surface area contributed by atoms with Gasteiger partial charge in [-0.3, -0.25) is 0 Å². The maximum Gasteiger partial charge on any atom is 0.127 e. The number of nitrogens with one attached hydrogen (secondary N) is 2. The molecule has 0 atom stereocenters. The summed E-state index contributed by atoms with van der Waals surface area (Å²) in [7, 11) is 3.28. The van der Waals surface area contributed by atoms with Gasteiger partial charge in [0.2, 0.25) is 0 Å². The highest BCUT2D eigenvalue weighted by atomic mass is 19.1. The van der Waals surface area contributed by atoms with Crippen LogP contribution in [0.2, 0.25) is 0 Å². The van der Waals surface area contributed by atoms with E-state index in [2.05, 4.69) is 0 Å². The second-order valence-electron chi connectivity index (χ2n) is 7.96. The van der Waals surface area contributed by atoms with E-state index in [9.17, 15) is 9.50 Å². The van der Waals surface area contributed by atoms with E-state index in [1.54, 1.807) is 32.4 Å². The Balaban J connectivity index is 1.44. The molecule has 4 rings (SSSR count). The van der Waals surface area contributed by atoms with Crippen LogP contribution in [0.4, 0.5) is 4.39 Å². The van der Waals surface area contributed by atoms with Crippen molar-refractivity contribution in [1.82, 2.24) is 0 Å². The molecule has 1 heterocycles. The van der Waals surface area contributed by atoms with Crippen LogP contribution >= 0.6 is 0 Å². The normalized spacial score (nSPS) is 19.0. The smallest absolute Gasteiger partial charge is 0.127 e. The van der Waals surface area contributed by atoms with Crippen molar-refractivity contribution in [3.63, 3.8) is 0 Å². The van der Waals surface area contributed by atoms with Crippen molar-refractivity contribution in [2.75, 3.05) is 40.4 Å². The Morgan fingerprint density at radius 2 is 1.57 bits per heavy atom. The quantitative estimate of drug-likeness (QED) is 0.570. The summed E-state index contributed by atoms with van der Waals surface area (Å²) in [5.41, 5.74) is 1.88. The fraction of sp³-hybridized carbons (Fsp3) is 0.333. The van der Waals surface area contributed by atoms with Crippen LogP contribution in [0.3, 0.4) is 0 Å². The molecule has 3 aromatic carbocycles. The number of piperazine rings is 1. The molecule has 6 heteroatoms. The summed E-state index contributed by atoms with van der Waals surface area (Å²) in [6, 6.07) is 14.4. The van der Waals surface area contributed by atoms with Crippen LogP contribution in [-0.2, 0) is 13.1 Å². The lowest BCUT2D eigenvalue weighted by Gasteiger charge is -2.30. The van der Waals surface area contributed by atoms with E-state index in [4.69, 9.17) is 9.47 Å². The van der Waals surface area contributed by atoms with Crippen LogP contribution in [0, 0.1) is 5.82 Å². The molecule has 1 aliphatic heterocycles. The van der Waals surface area contributed by atoms with Gasteiger partial charge in [-0.15, -0.1) is 0 Å². The van der Waals surface area contributed by atoms with Crippen molar-refractivity contribution in [2.45, 2.75) is 13.1 Å². The van der Waals surface area contributed by atoms with E-state index in [1.165, 1.54) is 15.9 Å². The topological polar surface area (TPSA) is 47.6 Å². The van der Waals surface area contributed by atoms with Crippen LogP contribution in [0.5, 0.6) is 17.2 Å². The standard InChI is InChI=1S/C24H27FN2O3/c1-29-20-6-3-17-4-7-23(28)22(21(17)14-20)16-27-11-9-26(10-12-27)15-18-13-19(25)5-8-24(18)30-2/h3-8,13-14,28H,9-12,15-16H2,1-2H3/p+2. The molecule has 0 unspecified atom stereocenters. The SMILES string of the molecule is COc1ccc2ccc(O)c(C[NH+]3CC[NH+](Cc4cc(F)ccc4OC)CC3)c2c1. The van der Waals surface area contributed by atoms with Gasteiger partial charge in [-0.25, -0.2) is 4.39 Å². The number of rotatable bonds is 6. The first-order chi connectivity index (χ1) is 14.6. The first-order valence-corrected chi connectivity index (χ1v) is 10.4. The van der Waals surface area contributed by atoms with Crippen molar-refractivity contribution in [2.24, 2.45) is 0 Å². The highest BCUT2D eigenvalue weighted by Gasteiger charge is 2.25. The lowest BCUT2D eigenvalue weighted by atomic mass is 10.0. The maximum atomic E-state index is 13.7. The minimum atomic E-state index is -0.226. The van der Waals surface area contributed by atoms with Crippen LogP contribution in [0.15, 0.2) is 48.5 Å². The van der Waals surface area contributed by atoms with E-state index < -0.39 is 0 Å². The van der Waals surface area contributed by atoms with Gasteiger partial charge in [-0.2, -0.15) is 0 Å². The summed E-state index contributed by atoms with van der Waals surface area (Å²) in [6.07, 6.45) is 0. The zero-order chi connectivity index (χ0) is 21.1. The molecule has 30 heavy (non-hydrogen) atoms. The molecule has 0 amide bonds. The fourth-order valence-electron chi connectivity index (χ4n) is 4.38. The molecular formula is C24H29FN2O3+2. The Labute approximate surface area is 176 Å². The second kappa shape index (κ2) is 8.90. The third-order valence-corrected chi connectivity index (χ3v) is 6.09. The Morgan fingerprint density at radius 3 is 2.27 bits per heavy atom. The average Bonchev–Trinajstić information content (AvgIpc) is 2.77. The van der Waals surface area contributed by atoms with Crippen molar-refractivity contribution in [1.29, 1.82) is 0 Å². The molecule has 158 valence electrons. The van der Waals surface area contributed by atoms with Crippen molar-refractivity contribution >= 4 is 10.8 Å². The largest absolute Gasteiger partial charge is 0.507 e.